The Bertz CT molecular complexity index is 482. The summed E-state index contributed by atoms with van der Waals surface area (Å²) >= 11 is 0. The molecule has 1 heterocycles. The number of hydrogen-bond acceptors (Lipinski definition) is 3. The minimum absolute atomic E-state index is 0.152. The van der Waals surface area contributed by atoms with E-state index < -0.39 is 0 Å². The summed E-state index contributed by atoms with van der Waals surface area (Å²) in [5.41, 5.74) is 7.54. The number of rotatable bonds is 4. The lowest BCUT2D eigenvalue weighted by Crippen LogP contribution is -2.37. The lowest BCUT2D eigenvalue weighted by molar-refractivity contribution is -0.131. The zero-order valence-corrected chi connectivity index (χ0v) is 13.3. The molecule has 0 spiro atoms. The van der Waals surface area contributed by atoms with E-state index in [0.29, 0.717) is 13.0 Å². The molecule has 1 amide bonds. The van der Waals surface area contributed by atoms with Gasteiger partial charge in [0, 0.05) is 25.6 Å². The summed E-state index contributed by atoms with van der Waals surface area (Å²) in [7, 11) is 1.65. The molecule has 0 radical (unpaired) electrons. The van der Waals surface area contributed by atoms with Crippen molar-refractivity contribution in [2.75, 3.05) is 20.2 Å². The Hall–Kier alpha value is -1.55. The standard InChI is InChI=1S/C17H26N2O2/c1-17(2)9-8-16(20)19(11-10-17)12-15(18)13-4-6-14(21-3)7-5-13/h4-7,15H,8-12,18H2,1-3H3. The molecule has 0 saturated carbocycles. The first-order valence-electron chi connectivity index (χ1n) is 7.58. The Morgan fingerprint density at radius 1 is 1.29 bits per heavy atom. The summed E-state index contributed by atoms with van der Waals surface area (Å²) in [5, 5.41) is 0. The Labute approximate surface area is 127 Å². The van der Waals surface area contributed by atoms with Crippen LogP contribution in [0.5, 0.6) is 5.75 Å². The monoisotopic (exact) mass is 290 g/mol. The zero-order chi connectivity index (χ0) is 15.5. The third kappa shape index (κ3) is 4.21. The number of methoxy groups -OCH3 is 1. The van der Waals surface area contributed by atoms with Crippen molar-refractivity contribution in [3.8, 4) is 5.75 Å². The van der Waals surface area contributed by atoms with Crippen molar-refractivity contribution in [1.82, 2.24) is 4.90 Å². The minimum Gasteiger partial charge on any atom is -0.497 e. The molecule has 4 nitrogen and oxygen atoms in total. The average molecular weight is 290 g/mol. The van der Waals surface area contributed by atoms with Crippen molar-refractivity contribution in [3.63, 3.8) is 0 Å². The van der Waals surface area contributed by atoms with Crippen LogP contribution in [0.25, 0.3) is 0 Å². The fourth-order valence-corrected chi connectivity index (χ4v) is 2.68. The molecule has 1 aliphatic heterocycles. The molecule has 1 saturated heterocycles. The van der Waals surface area contributed by atoms with Crippen LogP contribution in [0.3, 0.4) is 0 Å². The van der Waals surface area contributed by atoms with Gasteiger partial charge in [-0.1, -0.05) is 26.0 Å². The summed E-state index contributed by atoms with van der Waals surface area (Å²) in [6.07, 6.45) is 2.62. The Morgan fingerprint density at radius 2 is 1.95 bits per heavy atom. The number of nitrogens with zero attached hydrogens (tertiary/aromatic N) is 1. The highest BCUT2D eigenvalue weighted by Gasteiger charge is 2.28. The smallest absolute Gasteiger partial charge is 0.222 e. The molecule has 1 atom stereocenters. The number of amides is 1. The molecule has 1 aromatic rings. The molecule has 21 heavy (non-hydrogen) atoms. The highest BCUT2D eigenvalue weighted by atomic mass is 16.5. The van der Waals surface area contributed by atoms with Gasteiger partial charge >= 0.3 is 0 Å². The average Bonchev–Trinajstić information content (AvgIpc) is 2.60. The molecular formula is C17H26N2O2. The lowest BCUT2D eigenvalue weighted by atomic mass is 9.85. The molecule has 1 aromatic carbocycles. The van der Waals surface area contributed by atoms with Gasteiger partial charge in [0.05, 0.1) is 7.11 Å². The van der Waals surface area contributed by atoms with Gasteiger partial charge in [-0.2, -0.15) is 0 Å². The normalized spacial score (nSPS) is 20.0. The molecule has 0 aromatic heterocycles. The van der Waals surface area contributed by atoms with Crippen molar-refractivity contribution in [3.05, 3.63) is 29.8 Å². The molecule has 4 heteroatoms. The summed E-state index contributed by atoms with van der Waals surface area (Å²) < 4.78 is 5.15. The maximum Gasteiger partial charge on any atom is 0.222 e. The van der Waals surface area contributed by atoms with Crippen molar-refractivity contribution in [1.29, 1.82) is 0 Å². The number of ether oxygens (including phenoxy) is 1. The molecule has 2 rings (SSSR count). The molecule has 1 fully saturated rings. The van der Waals surface area contributed by atoms with E-state index in [1.165, 1.54) is 0 Å². The molecule has 0 aliphatic carbocycles. The highest BCUT2D eigenvalue weighted by Crippen LogP contribution is 2.30. The lowest BCUT2D eigenvalue weighted by Gasteiger charge is -2.26. The van der Waals surface area contributed by atoms with E-state index in [0.717, 1.165) is 30.7 Å². The van der Waals surface area contributed by atoms with Gasteiger partial charge in [-0.05, 0) is 36.0 Å². The Kier molecular flexibility index (Phi) is 4.88. The second-order valence-corrected chi connectivity index (χ2v) is 6.63. The topological polar surface area (TPSA) is 55.6 Å². The van der Waals surface area contributed by atoms with E-state index in [2.05, 4.69) is 13.8 Å². The molecule has 1 unspecified atom stereocenters. The second kappa shape index (κ2) is 6.48. The number of carbonyl (C=O) groups excluding carboxylic acids is 1. The minimum atomic E-state index is -0.152. The largest absolute Gasteiger partial charge is 0.497 e. The zero-order valence-electron chi connectivity index (χ0n) is 13.3. The highest BCUT2D eigenvalue weighted by molar-refractivity contribution is 5.76. The molecule has 1 aliphatic rings. The van der Waals surface area contributed by atoms with Gasteiger partial charge in [0.2, 0.25) is 5.91 Å². The molecular weight excluding hydrogens is 264 g/mol. The quantitative estimate of drug-likeness (QED) is 0.927. The maximum absolute atomic E-state index is 12.2. The van der Waals surface area contributed by atoms with Crippen LogP contribution in [-0.4, -0.2) is 31.0 Å². The third-order valence-electron chi connectivity index (χ3n) is 4.39. The number of hydrogen-bond donors (Lipinski definition) is 1. The number of carbonyl (C=O) groups is 1. The van der Waals surface area contributed by atoms with Crippen LogP contribution in [0.4, 0.5) is 0 Å². The van der Waals surface area contributed by atoms with Crippen LogP contribution < -0.4 is 10.5 Å². The van der Waals surface area contributed by atoms with Crippen LogP contribution in [-0.2, 0) is 4.79 Å². The second-order valence-electron chi connectivity index (χ2n) is 6.63. The fraction of sp³-hybridized carbons (Fsp3) is 0.588. The number of nitrogens with two attached hydrogens (primary N) is 1. The van der Waals surface area contributed by atoms with E-state index in [1.54, 1.807) is 7.11 Å². The van der Waals surface area contributed by atoms with Gasteiger partial charge in [0.1, 0.15) is 5.75 Å². The van der Waals surface area contributed by atoms with Crippen LogP contribution in [0.15, 0.2) is 24.3 Å². The van der Waals surface area contributed by atoms with Crippen LogP contribution >= 0.6 is 0 Å². The van der Waals surface area contributed by atoms with E-state index in [1.807, 2.05) is 29.2 Å². The van der Waals surface area contributed by atoms with Gasteiger partial charge in [-0.25, -0.2) is 0 Å². The van der Waals surface area contributed by atoms with E-state index in [4.69, 9.17) is 10.5 Å². The SMILES string of the molecule is COc1ccc(C(N)CN2CCC(C)(C)CCC2=O)cc1. The Morgan fingerprint density at radius 3 is 2.57 bits per heavy atom. The maximum atomic E-state index is 12.2. The fourth-order valence-electron chi connectivity index (χ4n) is 2.68. The summed E-state index contributed by atoms with van der Waals surface area (Å²) in [5.74, 6) is 1.04. The number of likely N-dealkylation sites (tertiary alicyclic amines) is 1. The summed E-state index contributed by atoms with van der Waals surface area (Å²) in [6, 6.07) is 7.59. The van der Waals surface area contributed by atoms with Crippen molar-refractivity contribution >= 4 is 5.91 Å². The van der Waals surface area contributed by atoms with Crippen LogP contribution in [0, 0.1) is 5.41 Å². The Balaban J connectivity index is 2.00. The predicted molar refractivity (Wildman–Crippen MR) is 84.1 cm³/mol. The molecule has 0 bridgehead atoms. The first-order chi connectivity index (χ1) is 9.91. The van der Waals surface area contributed by atoms with Gasteiger partial charge in [-0.3, -0.25) is 4.79 Å². The molecule has 116 valence electrons. The van der Waals surface area contributed by atoms with Crippen molar-refractivity contribution < 1.29 is 9.53 Å². The first-order valence-corrected chi connectivity index (χ1v) is 7.58. The predicted octanol–water partition coefficient (Wildman–Crippen LogP) is 2.73. The van der Waals surface area contributed by atoms with Crippen molar-refractivity contribution in [2.24, 2.45) is 11.1 Å². The van der Waals surface area contributed by atoms with E-state index >= 15 is 0 Å². The van der Waals surface area contributed by atoms with Crippen LogP contribution in [0.2, 0.25) is 0 Å². The van der Waals surface area contributed by atoms with Gasteiger partial charge in [-0.15, -0.1) is 0 Å². The van der Waals surface area contributed by atoms with E-state index in [9.17, 15) is 4.79 Å². The van der Waals surface area contributed by atoms with Gasteiger partial charge < -0.3 is 15.4 Å². The van der Waals surface area contributed by atoms with E-state index in [-0.39, 0.29) is 17.4 Å². The summed E-state index contributed by atoms with van der Waals surface area (Å²) in [6.45, 7) is 5.84. The van der Waals surface area contributed by atoms with Crippen LogP contribution in [0.1, 0.15) is 44.7 Å². The van der Waals surface area contributed by atoms with Gasteiger partial charge in [0.25, 0.3) is 0 Å². The van der Waals surface area contributed by atoms with Gasteiger partial charge in [0.15, 0.2) is 0 Å². The third-order valence-corrected chi connectivity index (χ3v) is 4.39. The summed E-state index contributed by atoms with van der Waals surface area (Å²) in [4.78, 5) is 14.1. The molecule has 2 N–H and O–H groups in total. The van der Waals surface area contributed by atoms with Crippen molar-refractivity contribution in [2.45, 2.75) is 39.2 Å². The number of benzene rings is 1. The first kappa shape index (κ1) is 15.8.